The van der Waals surface area contributed by atoms with E-state index in [-0.39, 0.29) is 5.03 Å². The lowest BCUT2D eigenvalue weighted by atomic mass is 9.99. The van der Waals surface area contributed by atoms with Gasteiger partial charge in [0, 0.05) is 44.5 Å². The zero-order chi connectivity index (χ0) is 23.3. The van der Waals surface area contributed by atoms with E-state index in [4.69, 9.17) is 0 Å². The van der Waals surface area contributed by atoms with Crippen LogP contribution in [0, 0.1) is 0 Å². The number of benzene rings is 1. The molecular formula is C23H32N6O3S. The predicted octanol–water partition coefficient (Wildman–Crippen LogP) is 1.65. The summed E-state index contributed by atoms with van der Waals surface area (Å²) in [6.07, 6.45) is 5.99. The van der Waals surface area contributed by atoms with Gasteiger partial charge in [-0.15, -0.1) is 0 Å². The fraction of sp³-hybridized carbons (Fsp3) is 0.565. The number of carbonyl (C=O) groups excluding carboxylic acids is 1. The van der Waals surface area contributed by atoms with E-state index in [1.165, 1.54) is 11.1 Å². The molecule has 2 heterocycles. The molecule has 0 bridgehead atoms. The molecule has 1 aromatic heterocycles. The van der Waals surface area contributed by atoms with Crippen molar-refractivity contribution in [2.24, 2.45) is 7.05 Å². The number of likely N-dealkylation sites (N-methyl/N-ethyl adjacent to an activating group) is 2. The van der Waals surface area contributed by atoms with E-state index >= 15 is 0 Å². The first-order valence-corrected chi connectivity index (χ1v) is 13.1. The largest absolute Gasteiger partial charge is 0.333 e. The lowest BCUT2D eigenvalue weighted by molar-refractivity contribution is 0.0644. The average molecular weight is 473 g/mol. The van der Waals surface area contributed by atoms with Crippen molar-refractivity contribution in [2.45, 2.75) is 56.1 Å². The smallest absolute Gasteiger partial charge is 0.307 e. The van der Waals surface area contributed by atoms with Crippen molar-refractivity contribution in [3.63, 3.8) is 0 Å². The van der Waals surface area contributed by atoms with Crippen LogP contribution in [0.25, 0.3) is 0 Å². The summed E-state index contributed by atoms with van der Waals surface area (Å²) >= 11 is 0. The van der Waals surface area contributed by atoms with Gasteiger partial charge in [0.25, 0.3) is 10.0 Å². The van der Waals surface area contributed by atoms with Gasteiger partial charge in [-0.1, -0.05) is 6.07 Å². The number of sulfonamides is 1. The monoisotopic (exact) mass is 472 g/mol. The van der Waals surface area contributed by atoms with Crippen molar-refractivity contribution in [2.75, 3.05) is 32.5 Å². The lowest BCUT2D eigenvalue weighted by Gasteiger charge is -2.41. The number of aryl methyl sites for hydroxylation is 3. The first-order valence-electron chi connectivity index (χ1n) is 11.6. The maximum Gasteiger partial charge on any atom is 0.333 e. The quantitative estimate of drug-likeness (QED) is 0.663. The Morgan fingerprint density at radius 3 is 2.33 bits per heavy atom. The van der Waals surface area contributed by atoms with Crippen molar-refractivity contribution in [1.29, 1.82) is 0 Å². The van der Waals surface area contributed by atoms with Crippen LogP contribution in [-0.4, -0.2) is 67.3 Å². The van der Waals surface area contributed by atoms with Crippen LogP contribution in [0.2, 0.25) is 0 Å². The molecule has 3 aliphatic rings. The highest BCUT2D eigenvalue weighted by molar-refractivity contribution is 7.90. The number of amides is 2. The Bertz CT molecular complexity index is 1170. The molecule has 0 unspecified atom stereocenters. The van der Waals surface area contributed by atoms with Gasteiger partial charge >= 0.3 is 6.03 Å². The van der Waals surface area contributed by atoms with Gasteiger partial charge in [0.1, 0.15) is 0 Å². The number of nitrogens with one attached hydrogen (secondary N) is 2. The number of urea groups is 1. The highest BCUT2D eigenvalue weighted by atomic mass is 32.2. The maximum atomic E-state index is 12.9. The van der Waals surface area contributed by atoms with Gasteiger partial charge < -0.3 is 10.2 Å². The number of hydrogen-bond donors (Lipinski definition) is 2. The molecular weight excluding hydrogens is 440 g/mol. The van der Waals surface area contributed by atoms with E-state index in [9.17, 15) is 13.2 Å². The molecule has 178 valence electrons. The SMILES string of the molecule is CN1CC(N(C)Cc2cc(S(=O)(=O)NC(=O)Nc3c4c(cc5c3CCC5)CCC4)nn2C)C1. The Balaban J connectivity index is 1.30. The number of nitrogens with zero attached hydrogens (tertiary/aromatic N) is 4. The minimum atomic E-state index is -4.09. The first-order chi connectivity index (χ1) is 15.7. The van der Waals surface area contributed by atoms with Crippen LogP contribution in [0.15, 0.2) is 17.2 Å². The highest BCUT2D eigenvalue weighted by Crippen LogP contribution is 2.38. The Morgan fingerprint density at radius 2 is 1.73 bits per heavy atom. The number of likely N-dealkylation sites (tertiary alicyclic amines) is 1. The number of anilines is 1. The number of aromatic nitrogens is 2. The van der Waals surface area contributed by atoms with E-state index < -0.39 is 16.1 Å². The number of rotatable bonds is 6. The maximum absolute atomic E-state index is 12.9. The molecule has 2 aromatic rings. The molecule has 1 aromatic carbocycles. The second-order valence-electron chi connectivity index (χ2n) is 9.68. The second-order valence-corrected chi connectivity index (χ2v) is 11.3. The Morgan fingerprint density at radius 1 is 1.09 bits per heavy atom. The Hall–Kier alpha value is -2.43. The minimum absolute atomic E-state index is 0.141. The summed E-state index contributed by atoms with van der Waals surface area (Å²) in [5, 5.41) is 6.92. The van der Waals surface area contributed by atoms with Crippen molar-refractivity contribution in [3.05, 3.63) is 40.1 Å². The molecule has 33 heavy (non-hydrogen) atoms. The van der Waals surface area contributed by atoms with Crippen LogP contribution >= 0.6 is 0 Å². The number of fused-ring (bicyclic) bond motifs is 2. The number of carbonyl (C=O) groups is 1. The van der Waals surface area contributed by atoms with E-state index in [1.807, 2.05) is 7.05 Å². The predicted molar refractivity (Wildman–Crippen MR) is 126 cm³/mol. The summed E-state index contributed by atoms with van der Waals surface area (Å²) in [6.45, 7) is 2.58. The summed E-state index contributed by atoms with van der Waals surface area (Å²) in [5.74, 6) is 0. The van der Waals surface area contributed by atoms with E-state index in [0.29, 0.717) is 12.6 Å². The van der Waals surface area contributed by atoms with Crippen molar-refractivity contribution in [3.8, 4) is 0 Å². The summed E-state index contributed by atoms with van der Waals surface area (Å²) in [7, 11) is 1.75. The van der Waals surface area contributed by atoms with E-state index in [0.717, 1.165) is 74.1 Å². The van der Waals surface area contributed by atoms with E-state index in [2.05, 4.69) is 38.1 Å². The molecule has 2 amide bonds. The third-order valence-corrected chi connectivity index (χ3v) is 8.45. The average Bonchev–Trinajstić information content (AvgIpc) is 3.45. The Kier molecular flexibility index (Phi) is 5.70. The van der Waals surface area contributed by atoms with Crippen molar-refractivity contribution in [1.82, 2.24) is 24.3 Å². The third kappa shape index (κ3) is 4.27. The third-order valence-electron chi connectivity index (χ3n) is 7.25. The molecule has 9 nitrogen and oxygen atoms in total. The second kappa shape index (κ2) is 8.41. The van der Waals surface area contributed by atoms with Gasteiger partial charge in [0.05, 0.1) is 5.69 Å². The van der Waals surface area contributed by atoms with Gasteiger partial charge in [-0.3, -0.25) is 9.58 Å². The van der Waals surface area contributed by atoms with Gasteiger partial charge in [-0.25, -0.2) is 9.52 Å². The fourth-order valence-electron chi connectivity index (χ4n) is 5.37. The molecule has 0 spiro atoms. The topological polar surface area (TPSA) is 99.6 Å². The van der Waals surface area contributed by atoms with E-state index in [1.54, 1.807) is 17.8 Å². The van der Waals surface area contributed by atoms with Crippen LogP contribution < -0.4 is 10.0 Å². The summed E-state index contributed by atoms with van der Waals surface area (Å²) in [5.41, 5.74) is 6.49. The van der Waals surface area contributed by atoms with Crippen LogP contribution in [0.3, 0.4) is 0 Å². The molecule has 0 radical (unpaired) electrons. The molecule has 2 N–H and O–H groups in total. The van der Waals surface area contributed by atoms with Crippen molar-refractivity contribution < 1.29 is 13.2 Å². The van der Waals surface area contributed by atoms with Crippen LogP contribution in [0.1, 0.15) is 40.8 Å². The first kappa shape index (κ1) is 22.4. The zero-order valence-corrected chi connectivity index (χ0v) is 20.3. The van der Waals surface area contributed by atoms with Crippen LogP contribution in [0.4, 0.5) is 10.5 Å². The normalized spacial score (nSPS) is 18.3. The molecule has 2 aliphatic carbocycles. The highest BCUT2D eigenvalue weighted by Gasteiger charge is 2.30. The fourth-order valence-corrected chi connectivity index (χ4v) is 6.29. The van der Waals surface area contributed by atoms with Crippen LogP contribution in [0.5, 0.6) is 0 Å². The molecule has 0 saturated carbocycles. The molecule has 1 aliphatic heterocycles. The van der Waals surface area contributed by atoms with Gasteiger partial charge in [-0.05, 0) is 74.9 Å². The van der Waals surface area contributed by atoms with Gasteiger partial charge in [0.2, 0.25) is 0 Å². The zero-order valence-electron chi connectivity index (χ0n) is 19.5. The number of hydrogen-bond acceptors (Lipinski definition) is 6. The molecule has 10 heteroatoms. The summed E-state index contributed by atoms with van der Waals surface area (Å²) < 4.78 is 29.6. The standard InChI is InChI=1S/C23H32N6O3S/c1-27-12-18(13-27)28(2)14-17-11-21(25-29(17)3)33(31,32)26-23(30)24-22-19-8-4-6-15(19)10-16-7-5-9-20(16)22/h10-11,18H,4-9,12-14H2,1-3H3,(H2,24,26,30). The van der Waals surface area contributed by atoms with Gasteiger partial charge in [0.15, 0.2) is 5.03 Å². The molecule has 0 atom stereocenters. The summed E-state index contributed by atoms with van der Waals surface area (Å²) in [4.78, 5) is 17.2. The lowest BCUT2D eigenvalue weighted by Crippen LogP contribution is -2.56. The van der Waals surface area contributed by atoms with Crippen molar-refractivity contribution >= 4 is 21.7 Å². The molecule has 5 rings (SSSR count). The minimum Gasteiger partial charge on any atom is -0.307 e. The van der Waals surface area contributed by atoms with Gasteiger partial charge in [-0.2, -0.15) is 13.5 Å². The Labute approximate surface area is 195 Å². The summed E-state index contributed by atoms with van der Waals surface area (Å²) in [6, 6.07) is 3.54. The van der Waals surface area contributed by atoms with Crippen LogP contribution in [-0.2, 0) is 49.3 Å². The molecule has 1 saturated heterocycles. The molecule has 1 fully saturated rings.